The fourth-order valence-electron chi connectivity index (χ4n) is 1.46. The van der Waals surface area contributed by atoms with E-state index in [9.17, 15) is 17.6 Å². The summed E-state index contributed by atoms with van der Waals surface area (Å²) >= 11 is 5.68. The largest absolute Gasteiger partial charge is 0.377 e. The Balaban J connectivity index is 2.93. The summed E-state index contributed by atoms with van der Waals surface area (Å²) in [5, 5.41) is 2.29. The van der Waals surface area contributed by atoms with Crippen LogP contribution in [0.1, 0.15) is 24.2 Å². The first-order chi connectivity index (χ1) is 9.62. The molecule has 0 atom stereocenters. The summed E-state index contributed by atoms with van der Waals surface area (Å²) in [6.45, 7) is 4.05. The number of amides is 1. The van der Waals surface area contributed by atoms with E-state index in [1.807, 2.05) is 13.8 Å². The topological polar surface area (TPSA) is 72.5 Å². The maximum atomic E-state index is 14.0. The van der Waals surface area contributed by atoms with Crippen LogP contribution in [0.5, 0.6) is 0 Å². The molecule has 0 radical (unpaired) electrons. The van der Waals surface area contributed by atoms with Gasteiger partial charge in [-0.1, -0.05) is 11.6 Å². The lowest BCUT2D eigenvalue weighted by molar-refractivity contribution is 0.0745. The van der Waals surface area contributed by atoms with Gasteiger partial charge in [0.2, 0.25) is 0 Å². The van der Waals surface area contributed by atoms with Crippen LogP contribution >= 0.6 is 22.3 Å². The molecule has 0 spiro atoms. The second-order valence-electron chi connectivity index (χ2n) is 4.38. The van der Waals surface area contributed by atoms with E-state index in [-0.39, 0.29) is 24.3 Å². The van der Waals surface area contributed by atoms with Crippen LogP contribution in [0.2, 0.25) is 5.02 Å². The Morgan fingerprint density at radius 1 is 1.43 bits per heavy atom. The summed E-state index contributed by atoms with van der Waals surface area (Å²) < 4.78 is 41.7. The van der Waals surface area contributed by atoms with Gasteiger partial charge in [0.15, 0.2) is 5.82 Å². The van der Waals surface area contributed by atoms with Gasteiger partial charge in [-0.05, 0) is 26.0 Å². The molecular weight excluding hydrogens is 344 g/mol. The normalized spacial score (nSPS) is 11.7. The minimum atomic E-state index is -4.34. The number of rotatable bonds is 6. The van der Waals surface area contributed by atoms with Gasteiger partial charge in [-0.3, -0.25) is 4.79 Å². The van der Waals surface area contributed by atoms with Crippen molar-refractivity contribution in [2.24, 2.45) is 0 Å². The van der Waals surface area contributed by atoms with Gasteiger partial charge in [0.05, 0.1) is 18.3 Å². The molecule has 1 N–H and O–H groups in total. The molecule has 0 saturated heterocycles. The zero-order valence-electron chi connectivity index (χ0n) is 11.3. The summed E-state index contributed by atoms with van der Waals surface area (Å²) in [4.78, 5) is 11.0. The van der Waals surface area contributed by atoms with Crippen LogP contribution in [0, 0.1) is 5.82 Å². The average Bonchev–Trinajstić information content (AvgIpc) is 2.35. The first kappa shape index (κ1) is 18.2. The van der Waals surface area contributed by atoms with Crippen LogP contribution < -0.4 is 5.32 Å². The number of carbonyl (C=O) groups excluding carboxylic acids is 1. The van der Waals surface area contributed by atoms with Crippen LogP contribution in [-0.4, -0.2) is 33.6 Å². The maximum Gasteiger partial charge on any atom is 0.264 e. The Bertz CT molecular complexity index is 634. The van der Waals surface area contributed by atoms with Crippen molar-refractivity contribution >= 4 is 37.2 Å². The van der Waals surface area contributed by atoms with E-state index in [4.69, 9.17) is 27.0 Å². The summed E-state index contributed by atoms with van der Waals surface area (Å²) in [6.07, 6.45) is -0.00204. The first-order valence-electron chi connectivity index (χ1n) is 5.96. The standard InChI is InChI=1S/C12H14Cl2FNO4S/c1-7(2)20-4-3-16-12(17)9-5-8(13)6-10(11(9)15)21(14,18)19/h5-7H,3-4H2,1-2H3,(H,16,17). The van der Waals surface area contributed by atoms with Gasteiger partial charge in [0.1, 0.15) is 4.90 Å². The van der Waals surface area contributed by atoms with Crippen molar-refractivity contribution in [3.8, 4) is 0 Å². The predicted octanol–water partition coefficient (Wildman–Crippen LogP) is 2.56. The van der Waals surface area contributed by atoms with Crippen LogP contribution in [0.25, 0.3) is 0 Å². The van der Waals surface area contributed by atoms with Gasteiger partial charge in [-0.2, -0.15) is 0 Å². The molecule has 0 aliphatic heterocycles. The van der Waals surface area contributed by atoms with Crippen molar-refractivity contribution in [3.63, 3.8) is 0 Å². The van der Waals surface area contributed by atoms with Crippen molar-refractivity contribution in [1.82, 2.24) is 5.32 Å². The second-order valence-corrected chi connectivity index (χ2v) is 7.35. The van der Waals surface area contributed by atoms with Crippen molar-refractivity contribution in [2.45, 2.75) is 24.8 Å². The molecule has 0 fully saturated rings. The van der Waals surface area contributed by atoms with Crippen LogP contribution in [0.3, 0.4) is 0 Å². The Hall–Kier alpha value is -0.890. The summed E-state index contributed by atoms with van der Waals surface area (Å²) in [7, 11) is 0.756. The third-order valence-corrected chi connectivity index (χ3v) is 3.89. The monoisotopic (exact) mass is 357 g/mol. The zero-order valence-corrected chi connectivity index (χ0v) is 13.6. The molecule has 5 nitrogen and oxygen atoms in total. The molecule has 1 amide bonds. The van der Waals surface area contributed by atoms with Crippen molar-refractivity contribution < 1.29 is 22.3 Å². The molecule has 0 heterocycles. The molecule has 0 aliphatic rings. The number of ether oxygens (including phenoxy) is 1. The number of carbonyl (C=O) groups is 1. The zero-order chi connectivity index (χ0) is 16.2. The lowest BCUT2D eigenvalue weighted by Crippen LogP contribution is -2.29. The summed E-state index contributed by atoms with van der Waals surface area (Å²) in [5.41, 5.74) is -0.494. The van der Waals surface area contributed by atoms with E-state index < -0.39 is 31.2 Å². The van der Waals surface area contributed by atoms with Gasteiger partial charge in [-0.15, -0.1) is 0 Å². The van der Waals surface area contributed by atoms with Crippen molar-refractivity contribution in [2.75, 3.05) is 13.2 Å². The Kier molecular flexibility index (Phi) is 6.40. The Morgan fingerprint density at radius 2 is 2.05 bits per heavy atom. The SMILES string of the molecule is CC(C)OCCNC(=O)c1cc(Cl)cc(S(=O)(=O)Cl)c1F. The molecule has 9 heteroatoms. The van der Waals surface area contributed by atoms with Gasteiger partial charge in [-0.25, -0.2) is 12.8 Å². The number of halogens is 3. The first-order valence-corrected chi connectivity index (χ1v) is 8.65. The molecule has 1 aromatic rings. The number of hydrogen-bond donors (Lipinski definition) is 1. The minimum Gasteiger partial charge on any atom is -0.377 e. The highest BCUT2D eigenvalue weighted by Gasteiger charge is 2.23. The van der Waals surface area contributed by atoms with E-state index in [0.717, 1.165) is 12.1 Å². The number of nitrogens with one attached hydrogen (secondary N) is 1. The van der Waals surface area contributed by atoms with Gasteiger partial charge < -0.3 is 10.1 Å². The van der Waals surface area contributed by atoms with Crippen LogP contribution in [-0.2, 0) is 13.8 Å². The third kappa shape index (κ3) is 5.43. The Morgan fingerprint density at radius 3 is 2.57 bits per heavy atom. The van der Waals surface area contributed by atoms with Gasteiger partial charge in [0, 0.05) is 22.2 Å². The molecule has 118 valence electrons. The highest BCUT2D eigenvalue weighted by atomic mass is 35.7. The Labute approximate surface area is 131 Å². The molecule has 0 unspecified atom stereocenters. The number of benzene rings is 1. The van der Waals surface area contributed by atoms with Crippen LogP contribution in [0.4, 0.5) is 4.39 Å². The van der Waals surface area contributed by atoms with Gasteiger partial charge in [0.25, 0.3) is 15.0 Å². The molecular formula is C12H14Cl2FNO4S. The smallest absolute Gasteiger partial charge is 0.264 e. The fourth-order valence-corrected chi connectivity index (χ4v) is 2.67. The van der Waals surface area contributed by atoms with E-state index in [1.165, 1.54) is 0 Å². The minimum absolute atomic E-state index is 0.00204. The third-order valence-electron chi connectivity index (χ3n) is 2.35. The van der Waals surface area contributed by atoms with Crippen LogP contribution in [0.15, 0.2) is 17.0 Å². The molecule has 1 rings (SSSR count). The molecule has 21 heavy (non-hydrogen) atoms. The summed E-state index contributed by atoms with van der Waals surface area (Å²) in [5.74, 6) is -2.04. The van der Waals surface area contributed by atoms with Gasteiger partial charge >= 0.3 is 0 Å². The van der Waals surface area contributed by atoms with E-state index >= 15 is 0 Å². The van der Waals surface area contributed by atoms with E-state index in [1.54, 1.807) is 0 Å². The molecule has 0 saturated carbocycles. The second kappa shape index (κ2) is 7.40. The molecule has 0 bridgehead atoms. The lowest BCUT2D eigenvalue weighted by atomic mass is 10.2. The fraction of sp³-hybridized carbons (Fsp3) is 0.417. The summed E-state index contributed by atoms with van der Waals surface area (Å²) in [6, 6.07) is 1.87. The predicted molar refractivity (Wildman–Crippen MR) is 77.9 cm³/mol. The van der Waals surface area contributed by atoms with Crippen molar-refractivity contribution in [1.29, 1.82) is 0 Å². The highest BCUT2D eigenvalue weighted by molar-refractivity contribution is 8.13. The molecule has 1 aromatic carbocycles. The number of hydrogen-bond acceptors (Lipinski definition) is 4. The maximum absolute atomic E-state index is 14.0. The quantitative estimate of drug-likeness (QED) is 0.627. The van der Waals surface area contributed by atoms with E-state index in [2.05, 4.69) is 5.32 Å². The van der Waals surface area contributed by atoms with E-state index in [0.29, 0.717) is 0 Å². The average molecular weight is 358 g/mol. The molecule has 0 aliphatic carbocycles. The molecule has 0 aromatic heterocycles. The highest BCUT2D eigenvalue weighted by Crippen LogP contribution is 2.26. The lowest BCUT2D eigenvalue weighted by Gasteiger charge is -2.10. The van der Waals surface area contributed by atoms with Crippen molar-refractivity contribution in [3.05, 3.63) is 28.5 Å².